The normalized spacial score (nSPS) is 12.6. The smallest absolute Gasteiger partial charge is 0.305 e. The minimum atomic E-state index is -0.848. The molecule has 0 spiro atoms. The average molecular weight is 1070 g/mol. The molecule has 450 valence electrons. The van der Waals surface area contributed by atoms with Crippen molar-refractivity contribution in [2.75, 3.05) is 13.2 Å². The Kier molecular flexibility index (Phi) is 64.4. The van der Waals surface area contributed by atoms with Gasteiger partial charge in [0.05, 0.1) is 25.4 Å². The quantitative estimate of drug-likeness (QED) is 0.0320. The molecule has 0 radical (unpaired) electrons. The predicted molar refractivity (Wildman–Crippen MR) is 333 cm³/mol. The van der Waals surface area contributed by atoms with Crippen molar-refractivity contribution >= 4 is 11.9 Å². The molecule has 0 rings (SSSR count). The van der Waals surface area contributed by atoms with Gasteiger partial charge in [0.25, 0.3) is 0 Å². The Labute approximate surface area is 475 Å². The topological polar surface area (TPSA) is 95.9 Å². The molecule has 0 fully saturated rings. The van der Waals surface area contributed by atoms with E-state index in [4.69, 9.17) is 4.74 Å². The third kappa shape index (κ3) is 61.6. The minimum absolute atomic E-state index is 0.00135. The number of unbranched alkanes of at least 4 members (excludes halogenated alkanes) is 52. The number of aliphatic hydroxyl groups is 2. The van der Waals surface area contributed by atoms with E-state index in [9.17, 15) is 19.8 Å². The summed E-state index contributed by atoms with van der Waals surface area (Å²) in [6.45, 7) is 4.93. The zero-order valence-electron chi connectivity index (χ0n) is 51.5. The second-order valence-corrected chi connectivity index (χ2v) is 23.9. The highest BCUT2D eigenvalue weighted by atomic mass is 16.5. The van der Waals surface area contributed by atoms with Gasteiger partial charge in [-0.3, -0.25) is 9.59 Å². The molecule has 3 N–H and O–H groups in total. The van der Waals surface area contributed by atoms with Crippen LogP contribution >= 0.6 is 0 Å². The van der Waals surface area contributed by atoms with E-state index in [1.54, 1.807) is 6.08 Å². The van der Waals surface area contributed by atoms with E-state index in [1.165, 1.54) is 315 Å². The fourth-order valence-electron chi connectivity index (χ4n) is 10.9. The minimum Gasteiger partial charge on any atom is -0.466 e. The Morgan fingerprint density at radius 3 is 0.934 bits per heavy atom. The Morgan fingerprint density at radius 1 is 0.355 bits per heavy atom. The molecule has 6 nitrogen and oxygen atoms in total. The summed E-state index contributed by atoms with van der Waals surface area (Å²) in [4.78, 5) is 24.6. The highest BCUT2D eigenvalue weighted by molar-refractivity contribution is 5.76. The highest BCUT2D eigenvalue weighted by Crippen LogP contribution is 2.19. The maximum absolute atomic E-state index is 12.5. The van der Waals surface area contributed by atoms with Gasteiger partial charge in [-0.1, -0.05) is 340 Å². The van der Waals surface area contributed by atoms with Crippen LogP contribution in [0, 0.1) is 0 Å². The molecule has 0 aromatic rings. The van der Waals surface area contributed by atoms with Gasteiger partial charge >= 0.3 is 5.97 Å². The number of carbonyl (C=O) groups excluding carboxylic acids is 2. The lowest BCUT2D eigenvalue weighted by Gasteiger charge is -2.20. The van der Waals surface area contributed by atoms with Gasteiger partial charge in [-0.25, -0.2) is 0 Å². The molecule has 2 unspecified atom stereocenters. The lowest BCUT2D eigenvalue weighted by atomic mass is 10.0. The molecular weight excluding hydrogens is 935 g/mol. The maximum Gasteiger partial charge on any atom is 0.305 e. The van der Waals surface area contributed by atoms with E-state index in [0.29, 0.717) is 19.4 Å². The lowest BCUT2D eigenvalue weighted by molar-refractivity contribution is -0.143. The van der Waals surface area contributed by atoms with E-state index in [2.05, 4.69) is 31.3 Å². The Hall–Kier alpha value is -1.66. The van der Waals surface area contributed by atoms with Gasteiger partial charge in [-0.15, -0.1) is 0 Å². The van der Waals surface area contributed by atoms with Crippen molar-refractivity contribution in [3.63, 3.8) is 0 Å². The van der Waals surface area contributed by atoms with Crippen LogP contribution in [0.4, 0.5) is 0 Å². The number of ether oxygens (including phenoxy) is 1. The molecule has 2 atom stereocenters. The van der Waals surface area contributed by atoms with Gasteiger partial charge in [0.1, 0.15) is 0 Å². The maximum atomic E-state index is 12.5. The first-order chi connectivity index (χ1) is 37.5. The summed E-state index contributed by atoms with van der Waals surface area (Å²) in [5.41, 5.74) is 0. The van der Waals surface area contributed by atoms with E-state index in [0.717, 1.165) is 44.9 Å². The number of carbonyl (C=O) groups is 2. The number of rotatable bonds is 65. The summed E-state index contributed by atoms with van der Waals surface area (Å²) in [5.74, 6) is -0.0652. The molecule has 0 aliphatic carbocycles. The summed E-state index contributed by atoms with van der Waals surface area (Å²) >= 11 is 0. The van der Waals surface area contributed by atoms with E-state index >= 15 is 0 Å². The van der Waals surface area contributed by atoms with Crippen LogP contribution in [0.25, 0.3) is 0 Å². The van der Waals surface area contributed by atoms with Gasteiger partial charge in [-0.05, 0) is 57.8 Å². The van der Waals surface area contributed by atoms with Crippen LogP contribution in [0.2, 0.25) is 0 Å². The largest absolute Gasteiger partial charge is 0.466 e. The van der Waals surface area contributed by atoms with Crippen molar-refractivity contribution in [2.24, 2.45) is 0 Å². The number of hydrogen-bond acceptors (Lipinski definition) is 5. The van der Waals surface area contributed by atoms with Crippen LogP contribution in [0.5, 0.6) is 0 Å². The van der Waals surface area contributed by atoms with Gasteiger partial charge < -0.3 is 20.3 Å². The third-order valence-corrected chi connectivity index (χ3v) is 16.2. The summed E-state index contributed by atoms with van der Waals surface area (Å²) in [6.07, 6.45) is 82.4. The second kappa shape index (κ2) is 65.9. The molecule has 1 amide bonds. The van der Waals surface area contributed by atoms with Crippen LogP contribution in [-0.2, 0) is 14.3 Å². The molecule has 76 heavy (non-hydrogen) atoms. The van der Waals surface area contributed by atoms with Crippen molar-refractivity contribution in [1.29, 1.82) is 0 Å². The summed E-state index contributed by atoms with van der Waals surface area (Å²) < 4.78 is 5.49. The van der Waals surface area contributed by atoms with Crippen molar-refractivity contribution in [3.8, 4) is 0 Å². The number of nitrogens with one attached hydrogen (secondary N) is 1. The SMILES string of the molecule is CCCCCCCC/C=C\CCCCCCCC(=O)OCCCCCCCCCCCCCCCCCCCCCC(=O)NC(CO)C(O)/C=C/CCCCCCCCCCCCCCCCCCCCCCCCC. The summed E-state index contributed by atoms with van der Waals surface area (Å²) in [7, 11) is 0. The Balaban J connectivity index is 3.43. The standard InChI is InChI=1S/C70H135NO5/c1-3-5-7-9-11-13-15-17-19-20-21-22-23-24-25-26-28-31-35-38-42-46-50-54-58-62-68(73)67(66-72)71-69(74)63-59-55-51-47-43-39-36-32-29-27-30-33-37-41-45-49-53-57-61-65-76-70(75)64-60-56-52-48-44-40-34-18-16-14-12-10-8-6-4-2/h18,34,58,62,67-68,72-73H,3-17,19-33,35-57,59-61,63-66H2,1-2H3,(H,71,74)/b34-18-,62-58+. The molecule has 0 aliphatic rings. The van der Waals surface area contributed by atoms with Gasteiger partial charge in [0, 0.05) is 12.8 Å². The average Bonchev–Trinajstić information content (AvgIpc) is 3.42. The molecule has 0 saturated heterocycles. The van der Waals surface area contributed by atoms with Crippen molar-refractivity contribution in [2.45, 2.75) is 398 Å². The van der Waals surface area contributed by atoms with Crippen LogP contribution in [0.1, 0.15) is 386 Å². The van der Waals surface area contributed by atoms with E-state index < -0.39 is 12.1 Å². The highest BCUT2D eigenvalue weighted by Gasteiger charge is 2.18. The molecular formula is C70H135NO5. The molecule has 0 bridgehead atoms. The van der Waals surface area contributed by atoms with Crippen LogP contribution < -0.4 is 5.32 Å². The third-order valence-electron chi connectivity index (χ3n) is 16.2. The molecule has 0 saturated carbocycles. The van der Waals surface area contributed by atoms with Crippen LogP contribution in [0.15, 0.2) is 24.3 Å². The molecule has 0 aliphatic heterocycles. The Bertz CT molecular complexity index is 1190. The number of aliphatic hydroxyl groups excluding tert-OH is 2. The van der Waals surface area contributed by atoms with Crippen molar-refractivity contribution in [1.82, 2.24) is 5.32 Å². The van der Waals surface area contributed by atoms with Crippen LogP contribution in [-0.4, -0.2) is 47.4 Å². The summed E-state index contributed by atoms with van der Waals surface area (Å²) in [5, 5.41) is 23.3. The number of esters is 1. The van der Waals surface area contributed by atoms with Gasteiger partial charge in [0.2, 0.25) is 5.91 Å². The molecule has 0 heterocycles. The predicted octanol–water partition coefficient (Wildman–Crippen LogP) is 22.1. The zero-order valence-corrected chi connectivity index (χ0v) is 51.5. The second-order valence-electron chi connectivity index (χ2n) is 23.9. The zero-order chi connectivity index (χ0) is 55.0. The fourth-order valence-corrected chi connectivity index (χ4v) is 10.9. The first-order valence-corrected chi connectivity index (χ1v) is 34.6. The van der Waals surface area contributed by atoms with E-state index in [1.807, 2.05) is 6.08 Å². The molecule has 6 heteroatoms. The lowest BCUT2D eigenvalue weighted by Crippen LogP contribution is -2.45. The number of amides is 1. The molecule has 0 aromatic carbocycles. The van der Waals surface area contributed by atoms with Crippen molar-refractivity contribution < 1.29 is 24.5 Å². The first-order valence-electron chi connectivity index (χ1n) is 34.6. The Morgan fingerprint density at radius 2 is 0.618 bits per heavy atom. The van der Waals surface area contributed by atoms with E-state index in [-0.39, 0.29) is 18.5 Å². The van der Waals surface area contributed by atoms with Gasteiger partial charge in [-0.2, -0.15) is 0 Å². The monoisotopic (exact) mass is 1070 g/mol. The molecule has 0 aromatic heterocycles. The van der Waals surface area contributed by atoms with Gasteiger partial charge in [0.15, 0.2) is 0 Å². The first kappa shape index (κ1) is 74.3. The summed E-state index contributed by atoms with van der Waals surface area (Å²) in [6, 6.07) is -0.632. The van der Waals surface area contributed by atoms with Crippen LogP contribution in [0.3, 0.4) is 0 Å². The number of hydrogen-bond donors (Lipinski definition) is 3. The fraction of sp³-hybridized carbons (Fsp3) is 0.914. The van der Waals surface area contributed by atoms with Crippen molar-refractivity contribution in [3.05, 3.63) is 24.3 Å². The number of allylic oxidation sites excluding steroid dienone is 3.